The van der Waals surface area contributed by atoms with Gasteiger partial charge in [0.25, 0.3) is 0 Å². The number of benzene rings is 2. The molecule has 2 atom stereocenters. The van der Waals surface area contributed by atoms with E-state index in [2.05, 4.69) is 4.74 Å². The van der Waals surface area contributed by atoms with Crippen molar-refractivity contribution in [3.05, 3.63) is 53.6 Å². The molecule has 1 fully saturated rings. The molecule has 2 aromatic carbocycles. The lowest BCUT2D eigenvalue weighted by molar-refractivity contribution is -0.132. The van der Waals surface area contributed by atoms with Crippen molar-refractivity contribution in [1.29, 1.82) is 0 Å². The van der Waals surface area contributed by atoms with E-state index in [0.717, 1.165) is 11.1 Å². The molecule has 1 aliphatic heterocycles. The molecule has 1 amide bonds. The van der Waals surface area contributed by atoms with Gasteiger partial charge >= 0.3 is 6.61 Å². The highest BCUT2D eigenvalue weighted by molar-refractivity contribution is 5.82. The zero-order chi connectivity index (χ0) is 20.3. The lowest BCUT2D eigenvalue weighted by Gasteiger charge is -2.28. The number of rotatable bonds is 7. The van der Waals surface area contributed by atoms with Crippen LogP contribution in [0.2, 0.25) is 0 Å². The number of halogens is 2. The first-order valence-electron chi connectivity index (χ1n) is 8.99. The molecule has 3 rings (SSSR count). The van der Waals surface area contributed by atoms with Gasteiger partial charge in [-0.3, -0.25) is 4.79 Å². The van der Waals surface area contributed by atoms with Gasteiger partial charge in [-0.1, -0.05) is 25.1 Å². The van der Waals surface area contributed by atoms with Crippen LogP contribution in [0.15, 0.2) is 42.5 Å². The summed E-state index contributed by atoms with van der Waals surface area (Å²) in [5, 5.41) is 0. The van der Waals surface area contributed by atoms with Gasteiger partial charge in [-0.25, -0.2) is 0 Å². The Kier molecular flexibility index (Phi) is 6.02. The molecule has 0 N–H and O–H groups in total. The first-order chi connectivity index (χ1) is 13.4. The summed E-state index contributed by atoms with van der Waals surface area (Å²) in [5.41, 5.74) is 1.66. The molecule has 0 spiro atoms. The summed E-state index contributed by atoms with van der Waals surface area (Å²) in [4.78, 5) is 14.6. The van der Waals surface area contributed by atoms with Crippen LogP contribution in [0, 0.1) is 5.92 Å². The second-order valence-corrected chi connectivity index (χ2v) is 6.72. The fourth-order valence-electron chi connectivity index (χ4n) is 3.64. The Hall–Kier alpha value is -2.83. The number of nitrogens with zero attached hydrogens (tertiary/aromatic N) is 1. The molecule has 0 radical (unpaired) electrons. The minimum atomic E-state index is -2.87. The number of carbonyl (C=O) groups excluding carboxylic acids is 1. The van der Waals surface area contributed by atoms with Gasteiger partial charge in [0.1, 0.15) is 17.2 Å². The van der Waals surface area contributed by atoms with E-state index in [1.165, 1.54) is 12.1 Å². The summed E-state index contributed by atoms with van der Waals surface area (Å²) in [6.45, 7) is -0.616. The van der Waals surface area contributed by atoms with Crippen molar-refractivity contribution in [2.75, 3.05) is 14.2 Å². The van der Waals surface area contributed by atoms with Gasteiger partial charge in [0.2, 0.25) is 5.91 Å². The normalized spacial score (nSPS) is 19.2. The third-order valence-electron chi connectivity index (χ3n) is 4.96. The Morgan fingerprint density at radius 1 is 1.07 bits per heavy atom. The standard InChI is InChI=1S/C21H23F2NO4/c1-13-11-16(19-17(26-2)5-4-6-18(19)27-3)24(20(13)25)12-14-7-9-15(10-8-14)28-21(22)23/h4-10,13,16,21H,11-12H2,1-3H3. The monoisotopic (exact) mass is 391 g/mol. The topological polar surface area (TPSA) is 48.0 Å². The molecular formula is C21H23F2NO4. The number of amides is 1. The maximum atomic E-state index is 12.8. The van der Waals surface area contributed by atoms with E-state index < -0.39 is 6.61 Å². The summed E-state index contributed by atoms with van der Waals surface area (Å²) >= 11 is 0. The Morgan fingerprint density at radius 2 is 1.68 bits per heavy atom. The van der Waals surface area contributed by atoms with Crippen LogP contribution in [0.25, 0.3) is 0 Å². The second kappa shape index (κ2) is 8.46. The number of alkyl halides is 2. The number of hydrogen-bond acceptors (Lipinski definition) is 4. The summed E-state index contributed by atoms with van der Waals surface area (Å²) in [6, 6.07) is 11.7. The summed E-state index contributed by atoms with van der Waals surface area (Å²) in [6.07, 6.45) is 0.641. The zero-order valence-electron chi connectivity index (χ0n) is 16.0. The van der Waals surface area contributed by atoms with Gasteiger partial charge in [0, 0.05) is 12.5 Å². The van der Waals surface area contributed by atoms with Crippen molar-refractivity contribution >= 4 is 5.91 Å². The van der Waals surface area contributed by atoms with Gasteiger partial charge in [0.05, 0.1) is 25.8 Å². The van der Waals surface area contributed by atoms with E-state index in [1.807, 2.05) is 25.1 Å². The minimum absolute atomic E-state index is 0.0332. The van der Waals surface area contributed by atoms with Crippen molar-refractivity contribution in [3.8, 4) is 17.2 Å². The van der Waals surface area contributed by atoms with Crippen LogP contribution in [-0.4, -0.2) is 31.6 Å². The van der Waals surface area contributed by atoms with Gasteiger partial charge in [0.15, 0.2) is 0 Å². The number of likely N-dealkylation sites (tertiary alicyclic amines) is 1. The Labute approximate surface area is 162 Å². The number of hydrogen-bond donors (Lipinski definition) is 0. The number of ether oxygens (including phenoxy) is 3. The van der Waals surface area contributed by atoms with Crippen molar-refractivity contribution in [1.82, 2.24) is 4.90 Å². The van der Waals surface area contributed by atoms with Crippen LogP contribution < -0.4 is 14.2 Å². The van der Waals surface area contributed by atoms with Gasteiger partial charge in [-0.15, -0.1) is 0 Å². The average molecular weight is 391 g/mol. The third-order valence-corrected chi connectivity index (χ3v) is 4.96. The van der Waals surface area contributed by atoms with E-state index >= 15 is 0 Å². The van der Waals surface area contributed by atoms with Crippen LogP contribution in [0.5, 0.6) is 17.2 Å². The Balaban J connectivity index is 1.90. The van der Waals surface area contributed by atoms with Crippen molar-refractivity contribution in [3.63, 3.8) is 0 Å². The highest BCUT2D eigenvalue weighted by Gasteiger charge is 2.40. The van der Waals surface area contributed by atoms with Gasteiger partial charge in [-0.05, 0) is 36.2 Å². The van der Waals surface area contributed by atoms with Gasteiger partial charge in [-0.2, -0.15) is 8.78 Å². The van der Waals surface area contributed by atoms with Crippen LogP contribution in [-0.2, 0) is 11.3 Å². The Bertz CT molecular complexity index is 803. The van der Waals surface area contributed by atoms with Crippen LogP contribution >= 0.6 is 0 Å². The molecule has 0 bridgehead atoms. The van der Waals surface area contributed by atoms with E-state index in [-0.39, 0.29) is 23.6 Å². The molecule has 7 heteroatoms. The van der Waals surface area contributed by atoms with Crippen LogP contribution in [0.3, 0.4) is 0 Å². The molecule has 0 aromatic heterocycles. The maximum Gasteiger partial charge on any atom is 0.387 e. The molecule has 5 nitrogen and oxygen atoms in total. The lowest BCUT2D eigenvalue weighted by Crippen LogP contribution is -2.29. The first-order valence-corrected chi connectivity index (χ1v) is 8.99. The third kappa shape index (κ3) is 4.03. The molecule has 150 valence electrons. The van der Waals surface area contributed by atoms with Crippen molar-refractivity contribution in [2.45, 2.75) is 32.5 Å². The molecular weight excluding hydrogens is 368 g/mol. The average Bonchev–Trinajstić information content (AvgIpc) is 2.96. The smallest absolute Gasteiger partial charge is 0.387 e. The lowest BCUT2D eigenvalue weighted by atomic mass is 9.98. The van der Waals surface area contributed by atoms with Gasteiger partial charge < -0.3 is 19.1 Å². The number of methoxy groups -OCH3 is 2. The van der Waals surface area contributed by atoms with Crippen molar-refractivity contribution < 1.29 is 27.8 Å². The SMILES string of the molecule is COc1cccc(OC)c1C1CC(C)C(=O)N1Cc1ccc(OC(F)F)cc1. The highest BCUT2D eigenvalue weighted by Crippen LogP contribution is 2.45. The largest absolute Gasteiger partial charge is 0.496 e. The zero-order valence-corrected chi connectivity index (χ0v) is 16.0. The van der Waals surface area contributed by atoms with Crippen LogP contribution in [0.1, 0.15) is 30.5 Å². The summed E-state index contributed by atoms with van der Waals surface area (Å²) < 4.78 is 40.1. The molecule has 0 aliphatic carbocycles. The summed E-state index contributed by atoms with van der Waals surface area (Å²) in [7, 11) is 3.18. The highest BCUT2D eigenvalue weighted by atomic mass is 19.3. The maximum absolute atomic E-state index is 12.8. The number of carbonyl (C=O) groups is 1. The minimum Gasteiger partial charge on any atom is -0.496 e. The second-order valence-electron chi connectivity index (χ2n) is 6.72. The fourth-order valence-corrected chi connectivity index (χ4v) is 3.64. The van der Waals surface area contributed by atoms with E-state index in [1.54, 1.807) is 31.3 Å². The quantitative estimate of drug-likeness (QED) is 0.701. The predicted octanol–water partition coefficient (Wildman–Crippen LogP) is 4.41. The van der Waals surface area contributed by atoms with Crippen molar-refractivity contribution in [2.24, 2.45) is 5.92 Å². The van der Waals surface area contributed by atoms with E-state index in [4.69, 9.17) is 9.47 Å². The Morgan fingerprint density at radius 3 is 2.21 bits per heavy atom. The van der Waals surface area contributed by atoms with Crippen LogP contribution in [0.4, 0.5) is 8.78 Å². The van der Waals surface area contributed by atoms with E-state index in [0.29, 0.717) is 24.5 Å². The first kappa shape index (κ1) is 19.9. The fraction of sp³-hybridized carbons (Fsp3) is 0.381. The molecule has 1 saturated heterocycles. The van der Waals surface area contributed by atoms with E-state index in [9.17, 15) is 13.6 Å². The molecule has 0 saturated carbocycles. The molecule has 2 aromatic rings. The predicted molar refractivity (Wildman–Crippen MR) is 99.7 cm³/mol. The molecule has 1 aliphatic rings. The molecule has 28 heavy (non-hydrogen) atoms. The molecule has 2 unspecified atom stereocenters. The molecule has 1 heterocycles. The summed E-state index contributed by atoms with van der Waals surface area (Å²) in [5.74, 6) is 1.31.